The maximum atomic E-state index is 13.6. The Kier molecular flexibility index (Phi) is 3.18. The van der Waals surface area contributed by atoms with Crippen molar-refractivity contribution < 1.29 is 18.7 Å². The third-order valence-electron chi connectivity index (χ3n) is 2.86. The van der Waals surface area contributed by atoms with E-state index < -0.39 is 11.9 Å². The topological polar surface area (TPSA) is 58.6 Å². The summed E-state index contributed by atoms with van der Waals surface area (Å²) in [5.74, 6) is -1.00. The van der Waals surface area contributed by atoms with E-state index in [1.165, 1.54) is 24.1 Å². The maximum Gasteiger partial charge on any atom is 0.247 e. The third-order valence-corrected chi connectivity index (χ3v) is 2.86. The Labute approximate surface area is 104 Å². The highest BCUT2D eigenvalue weighted by molar-refractivity contribution is 6.06. The normalized spacial score (nSPS) is 19.7. The van der Waals surface area contributed by atoms with Crippen LogP contribution in [0, 0.1) is 5.82 Å². The molecule has 1 unspecified atom stereocenters. The molecular formula is C12H13FN2O3. The highest BCUT2D eigenvalue weighted by atomic mass is 19.1. The molecule has 5 nitrogen and oxygen atoms in total. The number of halogens is 1. The summed E-state index contributed by atoms with van der Waals surface area (Å²) in [5.41, 5.74) is 0.348. The molecule has 2 rings (SSSR count). The maximum absolute atomic E-state index is 13.6. The van der Waals surface area contributed by atoms with Gasteiger partial charge in [0.1, 0.15) is 6.04 Å². The molecule has 18 heavy (non-hydrogen) atoms. The lowest BCUT2D eigenvalue weighted by Gasteiger charge is -2.32. The second-order valence-electron chi connectivity index (χ2n) is 3.98. The first-order valence-corrected chi connectivity index (χ1v) is 5.48. The molecule has 1 saturated heterocycles. The number of carbonyl (C=O) groups excluding carboxylic acids is 2. The molecule has 0 radical (unpaired) electrons. The van der Waals surface area contributed by atoms with Gasteiger partial charge in [-0.05, 0) is 19.1 Å². The number of piperazine rings is 1. The lowest BCUT2D eigenvalue weighted by molar-refractivity contribution is -0.130. The summed E-state index contributed by atoms with van der Waals surface area (Å²) >= 11 is 0. The molecule has 6 heteroatoms. The fourth-order valence-corrected chi connectivity index (χ4v) is 1.90. The number of rotatable bonds is 2. The lowest BCUT2D eigenvalue weighted by Crippen LogP contribution is -2.57. The van der Waals surface area contributed by atoms with E-state index in [4.69, 9.17) is 4.74 Å². The van der Waals surface area contributed by atoms with Crippen molar-refractivity contribution >= 4 is 17.5 Å². The van der Waals surface area contributed by atoms with Crippen LogP contribution in [-0.2, 0) is 9.59 Å². The minimum atomic E-state index is -0.654. The van der Waals surface area contributed by atoms with Crippen molar-refractivity contribution in [2.45, 2.75) is 13.0 Å². The van der Waals surface area contributed by atoms with Crippen molar-refractivity contribution in [3.63, 3.8) is 0 Å². The summed E-state index contributed by atoms with van der Waals surface area (Å²) in [6, 6.07) is 3.51. The first kappa shape index (κ1) is 12.3. The summed E-state index contributed by atoms with van der Waals surface area (Å²) < 4.78 is 18.4. The van der Waals surface area contributed by atoms with Gasteiger partial charge in [0.05, 0.1) is 13.7 Å². The van der Waals surface area contributed by atoms with Crippen molar-refractivity contribution in [2.24, 2.45) is 0 Å². The molecule has 1 N–H and O–H groups in total. The van der Waals surface area contributed by atoms with Gasteiger partial charge in [0.2, 0.25) is 11.8 Å². The van der Waals surface area contributed by atoms with E-state index in [0.717, 1.165) is 0 Å². The van der Waals surface area contributed by atoms with Gasteiger partial charge in [0, 0.05) is 11.8 Å². The van der Waals surface area contributed by atoms with Gasteiger partial charge < -0.3 is 10.1 Å². The minimum Gasteiger partial charge on any atom is -0.494 e. The molecule has 96 valence electrons. The third kappa shape index (κ3) is 2.01. The molecular weight excluding hydrogens is 239 g/mol. The summed E-state index contributed by atoms with van der Waals surface area (Å²) in [6.45, 7) is 1.52. The molecule has 1 aliphatic rings. The van der Waals surface area contributed by atoms with Crippen LogP contribution in [-0.4, -0.2) is 31.5 Å². The Morgan fingerprint density at radius 1 is 1.44 bits per heavy atom. The Morgan fingerprint density at radius 3 is 2.78 bits per heavy atom. The molecule has 1 atom stereocenters. The van der Waals surface area contributed by atoms with Crippen LogP contribution in [0.25, 0.3) is 0 Å². The summed E-state index contributed by atoms with van der Waals surface area (Å²) in [6.07, 6.45) is 0. The Morgan fingerprint density at radius 2 is 2.17 bits per heavy atom. The monoisotopic (exact) mass is 252 g/mol. The number of ether oxygens (including phenoxy) is 1. The largest absolute Gasteiger partial charge is 0.494 e. The second kappa shape index (κ2) is 4.64. The predicted octanol–water partition coefficient (Wildman–Crippen LogP) is 0.686. The highest BCUT2D eigenvalue weighted by Crippen LogP contribution is 2.25. The van der Waals surface area contributed by atoms with Crippen LogP contribution in [0.4, 0.5) is 10.1 Å². The number of hydrogen-bond donors (Lipinski definition) is 1. The zero-order chi connectivity index (χ0) is 13.3. The zero-order valence-electron chi connectivity index (χ0n) is 10.1. The van der Waals surface area contributed by atoms with E-state index in [-0.39, 0.29) is 24.1 Å². The van der Waals surface area contributed by atoms with Crippen LogP contribution in [0.15, 0.2) is 18.2 Å². The van der Waals surface area contributed by atoms with Gasteiger partial charge in [-0.3, -0.25) is 14.5 Å². The SMILES string of the molecule is COc1ccc(N2C(=O)CNC(=O)C2C)cc1F. The van der Waals surface area contributed by atoms with Gasteiger partial charge in [0.25, 0.3) is 0 Å². The van der Waals surface area contributed by atoms with Gasteiger partial charge in [-0.2, -0.15) is 0 Å². The molecule has 0 spiro atoms. The van der Waals surface area contributed by atoms with Crippen LogP contribution >= 0.6 is 0 Å². The number of hydrogen-bond acceptors (Lipinski definition) is 3. The molecule has 0 aromatic heterocycles. The number of benzene rings is 1. The van der Waals surface area contributed by atoms with Gasteiger partial charge >= 0.3 is 0 Å². The number of nitrogens with zero attached hydrogens (tertiary/aromatic N) is 1. The van der Waals surface area contributed by atoms with E-state index >= 15 is 0 Å². The number of anilines is 1. The van der Waals surface area contributed by atoms with Crippen LogP contribution in [0.2, 0.25) is 0 Å². The smallest absolute Gasteiger partial charge is 0.247 e. The van der Waals surface area contributed by atoms with Gasteiger partial charge in [-0.15, -0.1) is 0 Å². The van der Waals surface area contributed by atoms with Crippen LogP contribution in [0.5, 0.6) is 5.75 Å². The minimum absolute atomic E-state index is 0.0726. The fourth-order valence-electron chi connectivity index (χ4n) is 1.90. The van der Waals surface area contributed by atoms with Gasteiger partial charge in [-0.25, -0.2) is 4.39 Å². The molecule has 0 aliphatic carbocycles. The number of methoxy groups -OCH3 is 1. The van der Waals surface area contributed by atoms with Crippen molar-refractivity contribution in [1.29, 1.82) is 0 Å². The van der Waals surface area contributed by atoms with Crippen molar-refractivity contribution in [1.82, 2.24) is 5.32 Å². The highest BCUT2D eigenvalue weighted by Gasteiger charge is 2.32. The predicted molar refractivity (Wildman–Crippen MR) is 62.9 cm³/mol. The van der Waals surface area contributed by atoms with E-state index in [1.54, 1.807) is 13.0 Å². The Bertz CT molecular complexity index is 504. The van der Waals surface area contributed by atoms with Crippen LogP contribution in [0.3, 0.4) is 0 Å². The van der Waals surface area contributed by atoms with Gasteiger partial charge in [0.15, 0.2) is 11.6 Å². The molecule has 1 aromatic rings. The van der Waals surface area contributed by atoms with E-state index in [2.05, 4.69) is 5.32 Å². The summed E-state index contributed by atoms with van der Waals surface area (Å²) in [4.78, 5) is 24.6. The number of amides is 2. The molecule has 1 aliphatic heterocycles. The second-order valence-corrected chi connectivity index (χ2v) is 3.98. The van der Waals surface area contributed by atoms with E-state index in [1.807, 2.05) is 0 Å². The quantitative estimate of drug-likeness (QED) is 0.842. The zero-order valence-corrected chi connectivity index (χ0v) is 10.1. The first-order valence-electron chi connectivity index (χ1n) is 5.48. The fraction of sp³-hybridized carbons (Fsp3) is 0.333. The van der Waals surface area contributed by atoms with Crippen molar-refractivity contribution in [3.8, 4) is 5.75 Å². The molecule has 1 heterocycles. The average molecular weight is 252 g/mol. The number of carbonyl (C=O) groups is 2. The van der Waals surface area contributed by atoms with Crippen LogP contribution in [0.1, 0.15) is 6.92 Å². The van der Waals surface area contributed by atoms with Crippen LogP contribution < -0.4 is 15.0 Å². The molecule has 1 aromatic carbocycles. The van der Waals surface area contributed by atoms with E-state index in [0.29, 0.717) is 5.69 Å². The summed E-state index contributed by atoms with van der Waals surface area (Å²) in [7, 11) is 1.36. The average Bonchev–Trinajstić information content (AvgIpc) is 2.35. The Hall–Kier alpha value is -2.11. The van der Waals surface area contributed by atoms with Gasteiger partial charge in [-0.1, -0.05) is 0 Å². The van der Waals surface area contributed by atoms with Crippen molar-refractivity contribution in [2.75, 3.05) is 18.6 Å². The summed E-state index contributed by atoms with van der Waals surface area (Å²) in [5, 5.41) is 2.47. The molecule has 0 bridgehead atoms. The first-order chi connectivity index (χ1) is 8.54. The number of nitrogens with one attached hydrogen (secondary N) is 1. The van der Waals surface area contributed by atoms with E-state index in [9.17, 15) is 14.0 Å². The van der Waals surface area contributed by atoms with Crippen molar-refractivity contribution in [3.05, 3.63) is 24.0 Å². The molecule has 1 fully saturated rings. The Balaban J connectivity index is 2.37. The standard InChI is InChI=1S/C12H13FN2O3/c1-7-12(17)14-6-11(16)15(7)8-3-4-10(18-2)9(13)5-8/h3-5,7H,6H2,1-2H3,(H,14,17). The molecule has 2 amide bonds. The molecule has 0 saturated carbocycles. The lowest BCUT2D eigenvalue weighted by atomic mass is 10.1.